The summed E-state index contributed by atoms with van der Waals surface area (Å²) in [5.74, 6) is 0. The summed E-state index contributed by atoms with van der Waals surface area (Å²) in [5, 5.41) is 0. The maximum Gasteiger partial charge on any atom is 0.240 e. The molecule has 0 unspecified atom stereocenters. The van der Waals surface area contributed by atoms with Crippen LogP contribution in [0.25, 0.3) is 0 Å². The molecule has 27 heavy (non-hydrogen) atoms. The molecule has 3 rings (SSSR count). The molecule has 0 bridgehead atoms. The molecule has 0 aliphatic carbocycles. The highest BCUT2D eigenvalue weighted by Crippen LogP contribution is 2.27. The predicted octanol–water partition coefficient (Wildman–Crippen LogP) is 3.63. The van der Waals surface area contributed by atoms with Gasteiger partial charge >= 0.3 is 0 Å². The zero-order valence-electron chi connectivity index (χ0n) is 15.7. The van der Waals surface area contributed by atoms with Crippen LogP contribution in [0.4, 0.5) is 5.69 Å². The fraction of sp³-hybridized carbons (Fsp3) is 0.400. The van der Waals surface area contributed by atoms with Gasteiger partial charge in [0.25, 0.3) is 0 Å². The normalized spacial score (nSPS) is 16.4. The summed E-state index contributed by atoms with van der Waals surface area (Å²) in [6.45, 7) is 2.36. The summed E-state index contributed by atoms with van der Waals surface area (Å²) >= 11 is 3.34. The van der Waals surface area contributed by atoms with E-state index in [1.165, 1.54) is 0 Å². The second-order valence-corrected chi connectivity index (χ2v) is 9.73. The van der Waals surface area contributed by atoms with Crippen molar-refractivity contribution in [2.24, 2.45) is 0 Å². The van der Waals surface area contributed by atoms with E-state index in [4.69, 9.17) is 0 Å². The minimum Gasteiger partial charge on any atom is -0.378 e. The van der Waals surface area contributed by atoms with E-state index in [1.54, 1.807) is 24.3 Å². The highest BCUT2D eigenvalue weighted by atomic mass is 79.9. The van der Waals surface area contributed by atoms with E-state index in [-0.39, 0.29) is 10.9 Å². The van der Waals surface area contributed by atoms with Gasteiger partial charge in [-0.15, -0.1) is 0 Å². The molecule has 1 atom stereocenters. The Morgan fingerprint density at radius 1 is 1.04 bits per heavy atom. The summed E-state index contributed by atoms with van der Waals surface area (Å²) in [5.41, 5.74) is 2.27. The number of hydrogen-bond donors (Lipinski definition) is 1. The smallest absolute Gasteiger partial charge is 0.240 e. The van der Waals surface area contributed by atoms with Gasteiger partial charge in [-0.05, 0) is 67.9 Å². The van der Waals surface area contributed by atoms with Gasteiger partial charge in [0.05, 0.1) is 4.90 Å². The average molecular weight is 452 g/mol. The van der Waals surface area contributed by atoms with Gasteiger partial charge in [-0.2, -0.15) is 0 Å². The molecular formula is C20H26BrN3O2S. The molecule has 1 saturated heterocycles. The van der Waals surface area contributed by atoms with Crippen LogP contribution in [-0.2, 0) is 10.0 Å². The number of likely N-dealkylation sites (tertiary alicyclic amines) is 1. The molecular weight excluding hydrogens is 426 g/mol. The van der Waals surface area contributed by atoms with Crippen LogP contribution >= 0.6 is 15.9 Å². The van der Waals surface area contributed by atoms with Crippen LogP contribution in [0.1, 0.15) is 24.4 Å². The minimum absolute atomic E-state index is 0.0361. The van der Waals surface area contributed by atoms with Gasteiger partial charge < -0.3 is 4.90 Å². The lowest BCUT2D eigenvalue weighted by Crippen LogP contribution is -2.36. The molecule has 7 heteroatoms. The second kappa shape index (κ2) is 8.73. The van der Waals surface area contributed by atoms with E-state index in [0.717, 1.165) is 41.7 Å². The van der Waals surface area contributed by atoms with E-state index >= 15 is 0 Å². The molecule has 1 fully saturated rings. The number of anilines is 1. The first-order valence-corrected chi connectivity index (χ1v) is 11.4. The summed E-state index contributed by atoms with van der Waals surface area (Å²) in [4.78, 5) is 4.72. The van der Waals surface area contributed by atoms with E-state index < -0.39 is 10.0 Å². The molecule has 1 heterocycles. The van der Waals surface area contributed by atoms with Crippen molar-refractivity contribution in [1.29, 1.82) is 0 Å². The van der Waals surface area contributed by atoms with Gasteiger partial charge in [-0.3, -0.25) is 4.90 Å². The number of sulfonamides is 1. The van der Waals surface area contributed by atoms with Gasteiger partial charge in [-0.25, -0.2) is 13.1 Å². The maximum atomic E-state index is 12.7. The number of benzene rings is 2. The Bertz CT molecular complexity index is 846. The molecule has 1 aliphatic rings. The van der Waals surface area contributed by atoms with Crippen LogP contribution in [0.15, 0.2) is 57.9 Å². The third-order valence-corrected chi connectivity index (χ3v) is 6.93. The van der Waals surface area contributed by atoms with Crippen LogP contribution in [0, 0.1) is 0 Å². The first kappa shape index (κ1) is 20.3. The topological polar surface area (TPSA) is 52.7 Å². The zero-order chi connectivity index (χ0) is 19.4. The van der Waals surface area contributed by atoms with Crippen LogP contribution in [0.5, 0.6) is 0 Å². The summed E-state index contributed by atoms with van der Waals surface area (Å²) in [6.07, 6.45) is 2.32. The maximum absolute atomic E-state index is 12.7. The first-order chi connectivity index (χ1) is 12.9. The third kappa shape index (κ3) is 5.10. The minimum atomic E-state index is -3.54. The molecule has 0 radical (unpaired) electrons. The van der Waals surface area contributed by atoms with E-state index in [0.29, 0.717) is 6.54 Å². The van der Waals surface area contributed by atoms with Gasteiger partial charge in [0.15, 0.2) is 0 Å². The van der Waals surface area contributed by atoms with E-state index in [9.17, 15) is 8.42 Å². The van der Waals surface area contributed by atoms with Crippen LogP contribution in [0.3, 0.4) is 0 Å². The van der Waals surface area contributed by atoms with Gasteiger partial charge in [0.1, 0.15) is 0 Å². The van der Waals surface area contributed by atoms with Crippen molar-refractivity contribution in [3.63, 3.8) is 0 Å². The molecule has 0 amide bonds. The molecule has 146 valence electrons. The molecule has 0 spiro atoms. The van der Waals surface area contributed by atoms with Crippen molar-refractivity contribution in [2.75, 3.05) is 38.6 Å². The number of nitrogens with one attached hydrogen (secondary N) is 1. The quantitative estimate of drug-likeness (QED) is 0.697. The summed E-state index contributed by atoms with van der Waals surface area (Å²) < 4.78 is 29.0. The molecule has 2 aromatic carbocycles. The lowest BCUT2D eigenvalue weighted by Gasteiger charge is -2.28. The number of rotatable bonds is 7. The Balaban J connectivity index is 1.78. The van der Waals surface area contributed by atoms with Crippen molar-refractivity contribution in [1.82, 2.24) is 9.62 Å². The fourth-order valence-electron chi connectivity index (χ4n) is 3.39. The van der Waals surface area contributed by atoms with E-state index in [1.807, 2.05) is 14.1 Å². The number of nitrogens with zero attached hydrogens (tertiary/aromatic N) is 2. The lowest BCUT2D eigenvalue weighted by atomic mass is 10.1. The third-order valence-electron chi connectivity index (χ3n) is 4.97. The van der Waals surface area contributed by atoms with E-state index in [2.05, 4.69) is 54.7 Å². The monoisotopic (exact) mass is 451 g/mol. The largest absolute Gasteiger partial charge is 0.378 e. The van der Waals surface area contributed by atoms with Crippen molar-refractivity contribution in [3.05, 3.63) is 58.6 Å². The van der Waals surface area contributed by atoms with Crippen molar-refractivity contribution in [2.45, 2.75) is 23.8 Å². The summed E-state index contributed by atoms with van der Waals surface area (Å²) in [7, 11) is 0.489. The summed E-state index contributed by atoms with van der Waals surface area (Å²) in [6, 6.07) is 15.1. The molecule has 0 aromatic heterocycles. The molecule has 0 saturated carbocycles. The average Bonchev–Trinajstić information content (AvgIpc) is 3.17. The first-order valence-electron chi connectivity index (χ1n) is 9.13. The second-order valence-electron chi connectivity index (χ2n) is 7.05. The van der Waals surface area contributed by atoms with Crippen molar-refractivity contribution >= 4 is 31.6 Å². The SMILES string of the molecule is CN(C)c1ccc([C@@H](CNS(=O)(=O)c2ccc(Br)cc2)N2CCCC2)cc1. The lowest BCUT2D eigenvalue weighted by molar-refractivity contribution is 0.246. The molecule has 1 N–H and O–H groups in total. The van der Waals surface area contributed by atoms with Gasteiger partial charge in [0.2, 0.25) is 10.0 Å². The molecule has 1 aliphatic heterocycles. The van der Waals surface area contributed by atoms with Crippen LogP contribution in [0.2, 0.25) is 0 Å². The predicted molar refractivity (Wildman–Crippen MR) is 114 cm³/mol. The Morgan fingerprint density at radius 3 is 2.19 bits per heavy atom. The Kier molecular flexibility index (Phi) is 6.57. The van der Waals surface area contributed by atoms with Crippen molar-refractivity contribution < 1.29 is 8.42 Å². The highest BCUT2D eigenvalue weighted by molar-refractivity contribution is 9.10. The molecule has 2 aromatic rings. The fourth-order valence-corrected chi connectivity index (χ4v) is 4.69. The van der Waals surface area contributed by atoms with Gasteiger partial charge in [0, 0.05) is 36.8 Å². The number of hydrogen-bond acceptors (Lipinski definition) is 4. The zero-order valence-corrected chi connectivity index (χ0v) is 18.1. The Hall–Kier alpha value is -1.41. The Labute approximate surface area is 170 Å². The standard InChI is InChI=1S/C20H26BrN3O2S/c1-23(2)18-9-5-16(6-10-18)20(24-13-3-4-14-24)15-22-27(25,26)19-11-7-17(21)8-12-19/h5-12,20,22H,3-4,13-15H2,1-2H3/t20-/m1/s1. The van der Waals surface area contributed by atoms with Crippen LogP contribution < -0.4 is 9.62 Å². The van der Waals surface area contributed by atoms with Crippen molar-refractivity contribution in [3.8, 4) is 0 Å². The highest BCUT2D eigenvalue weighted by Gasteiger charge is 2.25. The molecule has 5 nitrogen and oxygen atoms in total. The Morgan fingerprint density at radius 2 is 1.63 bits per heavy atom. The van der Waals surface area contributed by atoms with Gasteiger partial charge in [-0.1, -0.05) is 28.1 Å². The number of halogens is 1. The van der Waals surface area contributed by atoms with Crippen LogP contribution in [-0.4, -0.2) is 47.0 Å².